The van der Waals surface area contributed by atoms with Crippen LogP contribution in [0.15, 0.2) is 103 Å². The summed E-state index contributed by atoms with van der Waals surface area (Å²) in [5.74, 6) is 0. The van der Waals surface area contributed by atoms with Crippen LogP contribution < -0.4 is 0 Å². The monoisotopic (exact) mass is 866 g/mol. The number of aromatic nitrogens is 4. The molecular weight excluding hydrogens is 821 g/mol. The number of hydrogen-bond donors (Lipinski definition) is 1. The number of fused-ring (bicyclic) bond motifs is 8. The molecule has 2 aliphatic rings. The Bertz CT molecular complexity index is 3010. The molecule has 0 saturated heterocycles. The van der Waals surface area contributed by atoms with Crippen molar-refractivity contribution >= 4 is 46.4 Å². The van der Waals surface area contributed by atoms with Gasteiger partial charge in [-0.25, -0.2) is 9.97 Å². The van der Waals surface area contributed by atoms with E-state index in [1.165, 1.54) is 50.1 Å². The number of hydrogen-bond acceptors (Lipinski definition) is 2. The van der Waals surface area contributed by atoms with Crippen LogP contribution in [0.1, 0.15) is 67.3 Å². The predicted octanol–water partition coefficient (Wildman–Crippen LogP) is 13.6. The minimum atomic E-state index is 0. The Balaban J connectivity index is 0.00000455. The fourth-order valence-electron chi connectivity index (χ4n) is 7.98. The summed E-state index contributed by atoms with van der Waals surface area (Å²) in [6.07, 6.45) is 8.57. The van der Waals surface area contributed by atoms with Crippen molar-refractivity contribution in [2.45, 2.75) is 55.4 Å². The van der Waals surface area contributed by atoms with Crippen LogP contribution in [0.2, 0.25) is 0 Å². The van der Waals surface area contributed by atoms with E-state index in [1.807, 2.05) is 0 Å². The molecule has 0 amide bonds. The number of H-pyrrole nitrogens is 1. The molecule has 5 heteroatoms. The van der Waals surface area contributed by atoms with Gasteiger partial charge in [0.05, 0.1) is 33.8 Å². The Morgan fingerprint density at radius 3 is 1.40 bits per heavy atom. The zero-order valence-corrected chi connectivity index (χ0v) is 37.1. The first-order valence-corrected chi connectivity index (χ1v) is 19.5. The molecule has 0 aliphatic carbocycles. The van der Waals surface area contributed by atoms with Crippen LogP contribution in [0.4, 0.5) is 0 Å². The molecule has 0 spiro atoms. The van der Waals surface area contributed by atoms with Crippen molar-refractivity contribution < 1.29 is 41.7 Å². The molecule has 3 aromatic heterocycles. The maximum absolute atomic E-state index is 5.43. The predicted molar refractivity (Wildman–Crippen MR) is 238 cm³/mol. The van der Waals surface area contributed by atoms with Gasteiger partial charge in [0.25, 0.3) is 0 Å². The second-order valence-corrected chi connectivity index (χ2v) is 15.7. The van der Waals surface area contributed by atoms with E-state index in [1.54, 1.807) is 0 Å². The van der Waals surface area contributed by atoms with Gasteiger partial charge in [0, 0.05) is 75.2 Å². The Kier molecular flexibility index (Phi) is 10.4. The maximum Gasteiger partial charge on any atom is 0.0737 e. The Morgan fingerprint density at radius 1 is 0.404 bits per heavy atom. The summed E-state index contributed by atoms with van der Waals surface area (Å²) < 4.78 is 2.49. The van der Waals surface area contributed by atoms with Crippen LogP contribution in [-0.4, -0.2) is 19.5 Å². The number of aromatic amines is 1. The topological polar surface area (TPSA) is 46.5 Å². The van der Waals surface area contributed by atoms with Gasteiger partial charge in [-0.3, -0.25) is 0 Å². The van der Waals surface area contributed by atoms with Gasteiger partial charge in [-0.2, -0.15) is 0 Å². The molecule has 0 atom stereocenters. The number of aryl methyl sites for hydroxylation is 8. The third-order valence-corrected chi connectivity index (χ3v) is 11.8. The fraction of sp³-hybridized carbons (Fsp3) is 0.154. The molecule has 0 unspecified atom stereocenters. The zero-order valence-electron chi connectivity index (χ0n) is 34.0. The summed E-state index contributed by atoms with van der Waals surface area (Å²) in [4.78, 5) is 14.2. The molecule has 4 aromatic carbocycles. The van der Waals surface area contributed by atoms with Crippen molar-refractivity contribution in [3.63, 3.8) is 0 Å². The average Bonchev–Trinajstić information content (AvgIpc) is 3.98. The first-order valence-electron chi connectivity index (χ1n) is 19.5. The largest absolute Gasteiger partial charge is 0.355 e. The third kappa shape index (κ3) is 7.20. The van der Waals surface area contributed by atoms with Crippen LogP contribution in [0, 0.1) is 97.1 Å². The SMILES string of the molecule is Cc1ccc(-c2c(-c3ccc(C)c(C)c3)c3c(-c4ccc(C)c(C)c4)c4nc(cc5ccc(cc6nc(cc2n3-c2ccc(C)c(C)c2)C=C6)[nH]5)C=C4)cc1C.[Ce]. The number of nitrogens with zero attached hydrogens (tertiary/aromatic N) is 3. The van der Waals surface area contributed by atoms with E-state index < -0.39 is 0 Å². The van der Waals surface area contributed by atoms with E-state index in [9.17, 15) is 0 Å². The molecule has 57 heavy (non-hydrogen) atoms. The van der Waals surface area contributed by atoms with E-state index in [2.05, 4.69) is 192 Å². The Hall–Kier alpha value is -5.14. The molecule has 8 bridgehead atoms. The quantitative estimate of drug-likeness (QED) is 0.192. The van der Waals surface area contributed by atoms with E-state index in [0.717, 1.165) is 78.3 Å². The van der Waals surface area contributed by atoms with E-state index in [4.69, 9.17) is 9.97 Å². The summed E-state index contributed by atoms with van der Waals surface area (Å²) >= 11 is 0. The molecule has 7 aromatic rings. The molecule has 0 saturated carbocycles. The van der Waals surface area contributed by atoms with Gasteiger partial charge >= 0.3 is 0 Å². The summed E-state index contributed by atoms with van der Waals surface area (Å²) in [6, 6.07) is 38.2. The summed E-state index contributed by atoms with van der Waals surface area (Å²) in [6.45, 7) is 17.6. The van der Waals surface area contributed by atoms with Gasteiger partial charge in [0.2, 0.25) is 0 Å². The molecular formula is C52H46CeN4. The molecule has 5 heterocycles. The van der Waals surface area contributed by atoms with Gasteiger partial charge in [-0.15, -0.1) is 0 Å². The first kappa shape index (κ1) is 38.7. The molecule has 2 aliphatic heterocycles. The molecule has 9 rings (SSSR count). The second-order valence-electron chi connectivity index (χ2n) is 15.7. The molecule has 0 fully saturated rings. The molecule has 0 radical (unpaired) electrons. The van der Waals surface area contributed by atoms with Crippen LogP contribution in [0.25, 0.3) is 85.4 Å². The Labute approximate surface area is 369 Å². The summed E-state index contributed by atoms with van der Waals surface area (Å²) in [5.41, 5.74) is 25.7. The summed E-state index contributed by atoms with van der Waals surface area (Å²) in [7, 11) is 0. The third-order valence-electron chi connectivity index (χ3n) is 11.8. The normalized spacial score (nSPS) is 11.9. The second kappa shape index (κ2) is 15.3. The van der Waals surface area contributed by atoms with Crippen molar-refractivity contribution in [2.75, 3.05) is 0 Å². The summed E-state index contributed by atoms with van der Waals surface area (Å²) in [5, 5.41) is 0. The number of nitrogens with one attached hydrogen (secondary N) is 1. The van der Waals surface area contributed by atoms with Crippen LogP contribution in [0.3, 0.4) is 0 Å². The van der Waals surface area contributed by atoms with Crippen molar-refractivity contribution in [2.24, 2.45) is 0 Å². The molecule has 4 nitrogen and oxygen atoms in total. The number of benzene rings is 4. The minimum absolute atomic E-state index is 0. The van der Waals surface area contributed by atoms with Crippen molar-refractivity contribution in [1.82, 2.24) is 19.5 Å². The van der Waals surface area contributed by atoms with Crippen LogP contribution >= 0.6 is 0 Å². The molecule has 278 valence electrons. The minimum Gasteiger partial charge on any atom is -0.355 e. The number of rotatable bonds is 4. The fourth-order valence-corrected chi connectivity index (χ4v) is 7.98. The Morgan fingerprint density at radius 2 is 0.860 bits per heavy atom. The molecule has 1 N–H and O–H groups in total. The van der Waals surface area contributed by atoms with Crippen molar-refractivity contribution in [3.8, 4) is 39.1 Å². The van der Waals surface area contributed by atoms with E-state index in [-0.39, 0.29) is 41.7 Å². The first-order chi connectivity index (χ1) is 27.0. The van der Waals surface area contributed by atoms with Gasteiger partial charge < -0.3 is 9.55 Å². The van der Waals surface area contributed by atoms with Gasteiger partial charge in [0.15, 0.2) is 0 Å². The van der Waals surface area contributed by atoms with Crippen molar-refractivity contribution in [3.05, 3.63) is 170 Å². The van der Waals surface area contributed by atoms with Crippen LogP contribution in [0.5, 0.6) is 0 Å². The van der Waals surface area contributed by atoms with Crippen molar-refractivity contribution in [1.29, 1.82) is 0 Å². The smallest absolute Gasteiger partial charge is 0.0737 e. The van der Waals surface area contributed by atoms with E-state index >= 15 is 0 Å². The van der Waals surface area contributed by atoms with E-state index in [0.29, 0.717) is 0 Å². The van der Waals surface area contributed by atoms with Gasteiger partial charge in [-0.05, 0) is 183 Å². The van der Waals surface area contributed by atoms with Gasteiger partial charge in [-0.1, -0.05) is 60.7 Å². The van der Waals surface area contributed by atoms with Crippen LogP contribution in [-0.2, 0) is 0 Å². The van der Waals surface area contributed by atoms with Gasteiger partial charge in [0.1, 0.15) is 0 Å². The standard InChI is InChI=1S/C52H46N4.Ce/c1-30-9-13-38(23-34(30)5)49-47-22-20-44(55-47)28-43-17-16-41(53-43)27-42-18-19-45(54-42)29-48-50(39-14-10-31(2)35(6)24-39)51(40-15-11-32(3)36(7)25-40)52(49)56(48)46-21-12-33(4)37(8)26-46;/h9-29,53H,1-8H3;. The average molecular weight is 867 g/mol. The zero-order chi connectivity index (χ0) is 38.8. The maximum atomic E-state index is 5.43.